The number of nitrogens with one attached hydrogen (secondary N) is 1. The monoisotopic (exact) mass is 287 g/mol. The molecule has 5 nitrogen and oxygen atoms in total. The second-order valence-corrected chi connectivity index (χ2v) is 4.42. The van der Waals surface area contributed by atoms with Crippen LogP contribution in [-0.4, -0.2) is 17.0 Å². The van der Waals surface area contributed by atoms with Gasteiger partial charge in [-0.2, -0.15) is 0 Å². The Hall–Kier alpha value is -2.89. The first-order valence-electron chi connectivity index (χ1n) is 6.18. The summed E-state index contributed by atoms with van der Waals surface area (Å²) in [5.74, 6) is -1.35. The van der Waals surface area contributed by atoms with Crippen LogP contribution in [0.2, 0.25) is 0 Å². The summed E-state index contributed by atoms with van der Waals surface area (Å²) in [6, 6.07) is 10.7. The maximum Gasteiger partial charge on any atom is 0.258 e. The molecule has 6 heteroatoms. The molecule has 21 heavy (non-hydrogen) atoms. The molecule has 2 aromatic rings. The molecule has 0 atom stereocenters. The predicted octanol–water partition coefficient (Wildman–Crippen LogP) is 2.48. The molecule has 0 fully saturated rings. The molecular formula is C15H14FN3O2. The van der Waals surface area contributed by atoms with Crippen LogP contribution >= 0.6 is 0 Å². The average Bonchev–Trinajstić information content (AvgIpc) is 2.47. The molecule has 0 unspecified atom stereocenters. The SMILES string of the molecule is Cc1cccc(NC(=O)c2ccccc2F)c1/C(N)=N/O. The van der Waals surface area contributed by atoms with Crippen molar-refractivity contribution in [3.05, 3.63) is 65.0 Å². The van der Waals surface area contributed by atoms with Crippen LogP contribution in [0.5, 0.6) is 0 Å². The predicted molar refractivity (Wildman–Crippen MR) is 78.0 cm³/mol. The molecule has 0 radical (unpaired) electrons. The van der Waals surface area contributed by atoms with Crippen LogP contribution in [0.1, 0.15) is 21.5 Å². The van der Waals surface area contributed by atoms with Crippen LogP contribution < -0.4 is 11.1 Å². The summed E-state index contributed by atoms with van der Waals surface area (Å²) in [5, 5.41) is 14.3. The Morgan fingerprint density at radius 2 is 1.95 bits per heavy atom. The van der Waals surface area contributed by atoms with E-state index in [-0.39, 0.29) is 11.4 Å². The minimum absolute atomic E-state index is 0.0792. The van der Waals surface area contributed by atoms with E-state index < -0.39 is 11.7 Å². The van der Waals surface area contributed by atoms with Gasteiger partial charge in [0.2, 0.25) is 0 Å². The summed E-state index contributed by atoms with van der Waals surface area (Å²) in [5.41, 5.74) is 6.99. The molecule has 0 aliphatic heterocycles. The minimum Gasteiger partial charge on any atom is -0.409 e. The molecule has 1 amide bonds. The molecule has 2 aromatic carbocycles. The summed E-state index contributed by atoms with van der Waals surface area (Å²) in [6.45, 7) is 1.76. The quantitative estimate of drug-likeness (QED) is 0.351. The standard InChI is InChI=1S/C15H14FN3O2/c1-9-5-4-8-12(13(9)14(17)19-21)18-15(20)10-6-2-3-7-11(10)16/h2-8,21H,1H3,(H2,17,19)(H,18,20). The van der Waals surface area contributed by atoms with Gasteiger partial charge >= 0.3 is 0 Å². The molecule has 4 N–H and O–H groups in total. The van der Waals surface area contributed by atoms with Gasteiger partial charge in [0.1, 0.15) is 5.82 Å². The van der Waals surface area contributed by atoms with E-state index in [0.29, 0.717) is 11.3 Å². The number of rotatable bonds is 3. The minimum atomic E-state index is -0.618. The molecule has 0 saturated heterocycles. The summed E-state index contributed by atoms with van der Waals surface area (Å²) in [6.07, 6.45) is 0. The fraction of sp³-hybridized carbons (Fsp3) is 0.0667. The Bertz CT molecular complexity index is 714. The van der Waals surface area contributed by atoms with Crippen molar-refractivity contribution in [1.29, 1.82) is 0 Å². The van der Waals surface area contributed by atoms with E-state index in [1.807, 2.05) is 0 Å². The second-order valence-electron chi connectivity index (χ2n) is 4.42. The lowest BCUT2D eigenvalue weighted by Gasteiger charge is -2.12. The Labute approximate surface area is 120 Å². The van der Waals surface area contributed by atoms with E-state index in [9.17, 15) is 9.18 Å². The number of oxime groups is 1. The summed E-state index contributed by atoms with van der Waals surface area (Å²) in [7, 11) is 0. The second kappa shape index (κ2) is 6.04. The van der Waals surface area contributed by atoms with Crippen molar-refractivity contribution in [3.8, 4) is 0 Å². The summed E-state index contributed by atoms with van der Waals surface area (Å²) >= 11 is 0. The van der Waals surface area contributed by atoms with Crippen molar-refractivity contribution >= 4 is 17.4 Å². The van der Waals surface area contributed by atoms with Crippen LogP contribution in [-0.2, 0) is 0 Å². The highest BCUT2D eigenvalue weighted by atomic mass is 19.1. The zero-order valence-corrected chi connectivity index (χ0v) is 11.3. The highest BCUT2D eigenvalue weighted by Crippen LogP contribution is 2.20. The average molecular weight is 287 g/mol. The number of hydrogen-bond donors (Lipinski definition) is 3. The van der Waals surface area contributed by atoms with Gasteiger partial charge in [0.15, 0.2) is 5.84 Å². The third kappa shape index (κ3) is 3.00. The van der Waals surface area contributed by atoms with Crippen molar-refractivity contribution in [3.63, 3.8) is 0 Å². The number of aryl methyl sites for hydroxylation is 1. The number of carbonyl (C=O) groups is 1. The highest BCUT2D eigenvalue weighted by molar-refractivity contribution is 6.10. The molecule has 0 aromatic heterocycles. The maximum absolute atomic E-state index is 13.6. The van der Waals surface area contributed by atoms with Crippen LogP contribution in [0.3, 0.4) is 0 Å². The maximum atomic E-state index is 13.6. The van der Waals surface area contributed by atoms with E-state index in [1.54, 1.807) is 31.2 Å². The Morgan fingerprint density at radius 1 is 1.24 bits per heavy atom. The van der Waals surface area contributed by atoms with Crippen LogP contribution in [0.15, 0.2) is 47.6 Å². The van der Waals surface area contributed by atoms with Gasteiger partial charge < -0.3 is 16.3 Å². The number of benzene rings is 2. The zero-order chi connectivity index (χ0) is 15.4. The third-order valence-corrected chi connectivity index (χ3v) is 3.00. The van der Waals surface area contributed by atoms with Gasteiger partial charge in [0, 0.05) is 5.56 Å². The van der Waals surface area contributed by atoms with Gasteiger partial charge in [-0.1, -0.05) is 29.4 Å². The third-order valence-electron chi connectivity index (χ3n) is 3.00. The van der Waals surface area contributed by atoms with E-state index in [4.69, 9.17) is 10.9 Å². The van der Waals surface area contributed by atoms with Gasteiger partial charge in [-0.3, -0.25) is 4.79 Å². The Morgan fingerprint density at radius 3 is 2.62 bits per heavy atom. The van der Waals surface area contributed by atoms with Crippen LogP contribution in [0, 0.1) is 12.7 Å². The molecule has 0 spiro atoms. The van der Waals surface area contributed by atoms with Gasteiger partial charge in [-0.15, -0.1) is 0 Å². The summed E-state index contributed by atoms with van der Waals surface area (Å²) in [4.78, 5) is 12.1. The van der Waals surface area contributed by atoms with E-state index in [0.717, 1.165) is 5.56 Å². The fourth-order valence-electron chi connectivity index (χ4n) is 2.00. The first kappa shape index (κ1) is 14.5. The molecule has 0 bridgehead atoms. The molecule has 0 saturated carbocycles. The number of halogens is 1. The van der Waals surface area contributed by atoms with Crippen molar-refractivity contribution in [1.82, 2.24) is 0 Å². The zero-order valence-electron chi connectivity index (χ0n) is 11.3. The van der Waals surface area contributed by atoms with Gasteiger partial charge in [0.05, 0.1) is 11.3 Å². The largest absolute Gasteiger partial charge is 0.409 e. The lowest BCUT2D eigenvalue weighted by Crippen LogP contribution is -2.21. The number of nitrogens with two attached hydrogens (primary N) is 1. The van der Waals surface area contributed by atoms with Crippen molar-refractivity contribution in [2.24, 2.45) is 10.9 Å². The van der Waals surface area contributed by atoms with E-state index in [2.05, 4.69) is 10.5 Å². The normalized spacial score (nSPS) is 11.2. The van der Waals surface area contributed by atoms with Gasteiger partial charge in [-0.25, -0.2) is 4.39 Å². The smallest absolute Gasteiger partial charge is 0.258 e. The first-order chi connectivity index (χ1) is 10.0. The number of hydrogen-bond acceptors (Lipinski definition) is 3. The number of amides is 1. The first-order valence-corrected chi connectivity index (χ1v) is 6.18. The Balaban J connectivity index is 2.39. The molecule has 2 rings (SSSR count). The van der Waals surface area contributed by atoms with E-state index in [1.165, 1.54) is 18.2 Å². The lowest BCUT2D eigenvalue weighted by molar-refractivity contribution is 0.102. The number of amidine groups is 1. The molecule has 0 aliphatic rings. The molecule has 0 heterocycles. The summed E-state index contributed by atoms with van der Waals surface area (Å²) < 4.78 is 13.6. The van der Waals surface area contributed by atoms with Crippen molar-refractivity contribution in [2.75, 3.05) is 5.32 Å². The van der Waals surface area contributed by atoms with E-state index >= 15 is 0 Å². The van der Waals surface area contributed by atoms with Crippen molar-refractivity contribution in [2.45, 2.75) is 6.92 Å². The molecule has 0 aliphatic carbocycles. The van der Waals surface area contributed by atoms with Crippen LogP contribution in [0.4, 0.5) is 10.1 Å². The van der Waals surface area contributed by atoms with Gasteiger partial charge in [-0.05, 0) is 30.7 Å². The number of carbonyl (C=O) groups excluding carboxylic acids is 1. The molecule has 108 valence electrons. The fourth-order valence-corrected chi connectivity index (χ4v) is 2.00. The van der Waals surface area contributed by atoms with Crippen LogP contribution in [0.25, 0.3) is 0 Å². The lowest BCUT2D eigenvalue weighted by atomic mass is 10.1. The van der Waals surface area contributed by atoms with Crippen molar-refractivity contribution < 1.29 is 14.4 Å². The highest BCUT2D eigenvalue weighted by Gasteiger charge is 2.15. The van der Waals surface area contributed by atoms with Gasteiger partial charge in [0.25, 0.3) is 5.91 Å². The number of nitrogens with zero attached hydrogens (tertiary/aromatic N) is 1. The Kier molecular flexibility index (Phi) is 4.18. The topological polar surface area (TPSA) is 87.7 Å². The molecular weight excluding hydrogens is 273 g/mol. The number of anilines is 1.